The minimum Gasteiger partial charge on any atom is -0.481 e. The Labute approximate surface area is 145 Å². The quantitative estimate of drug-likeness (QED) is 0.671. The van der Waals surface area contributed by atoms with Gasteiger partial charge in [0.05, 0.1) is 11.5 Å². The summed E-state index contributed by atoms with van der Waals surface area (Å²) in [5, 5.41) is 30.6. The predicted molar refractivity (Wildman–Crippen MR) is 94.5 cm³/mol. The highest BCUT2D eigenvalue weighted by Gasteiger charge is 2.57. The maximum Gasteiger partial charge on any atom is 0.309 e. The molecule has 0 aromatic carbocycles. The van der Waals surface area contributed by atoms with Gasteiger partial charge in [-0.2, -0.15) is 0 Å². The Kier molecular flexibility index (Phi) is 5.04. The van der Waals surface area contributed by atoms with Gasteiger partial charge in [0.25, 0.3) is 0 Å². The molecule has 0 aliphatic heterocycles. The van der Waals surface area contributed by atoms with Crippen LogP contribution in [-0.2, 0) is 4.79 Å². The number of allylic oxidation sites excluding steroid dienone is 1. The van der Waals surface area contributed by atoms with Crippen molar-refractivity contribution in [3.63, 3.8) is 0 Å². The first-order valence-corrected chi connectivity index (χ1v) is 8.94. The van der Waals surface area contributed by atoms with Crippen molar-refractivity contribution < 1.29 is 20.1 Å². The minimum absolute atomic E-state index is 0.0108. The van der Waals surface area contributed by atoms with Crippen LogP contribution in [0.15, 0.2) is 24.8 Å². The number of fused-ring (bicyclic) bond motifs is 1. The lowest BCUT2D eigenvalue weighted by molar-refractivity contribution is -0.165. The SMILES string of the molecule is C=C[C@](C)(O)[C@@H](O)C[C@H]1C(=C)CC[C@@H]2[C@]1(C)CCC[C@]2(C)C(=O)O. The molecule has 0 bridgehead atoms. The molecule has 0 spiro atoms. The zero-order chi connectivity index (χ0) is 18.3. The number of carboxylic acid groups (broad SMARTS) is 1. The van der Waals surface area contributed by atoms with E-state index in [2.05, 4.69) is 20.1 Å². The van der Waals surface area contributed by atoms with Crippen LogP contribution in [0.1, 0.15) is 59.3 Å². The fraction of sp³-hybridized carbons (Fsp3) is 0.750. The summed E-state index contributed by atoms with van der Waals surface area (Å²) in [7, 11) is 0. The number of aliphatic hydroxyl groups is 2. The summed E-state index contributed by atoms with van der Waals surface area (Å²) in [4.78, 5) is 12.0. The summed E-state index contributed by atoms with van der Waals surface area (Å²) in [6, 6.07) is 0. The van der Waals surface area contributed by atoms with Crippen molar-refractivity contribution in [1.82, 2.24) is 0 Å². The van der Waals surface area contributed by atoms with E-state index in [-0.39, 0.29) is 17.3 Å². The second-order valence-electron chi connectivity index (χ2n) is 8.57. The van der Waals surface area contributed by atoms with Gasteiger partial charge in [-0.25, -0.2) is 0 Å². The standard InChI is InChI=1S/C20H32O4/c1-6-20(5,24)16(21)12-14-13(2)8-9-15-18(14,3)10-7-11-19(15,4)17(22)23/h6,14-16,21,24H,1-2,7-12H2,3-5H3,(H,22,23)/t14-,15+,16-,18+,19-,20-/m0/s1. The Morgan fingerprint density at radius 3 is 2.62 bits per heavy atom. The van der Waals surface area contributed by atoms with Crippen LogP contribution in [0, 0.1) is 22.7 Å². The molecule has 2 aliphatic carbocycles. The first-order valence-electron chi connectivity index (χ1n) is 8.94. The average Bonchev–Trinajstić information content (AvgIpc) is 2.50. The van der Waals surface area contributed by atoms with E-state index in [0.29, 0.717) is 12.8 Å². The zero-order valence-corrected chi connectivity index (χ0v) is 15.2. The molecule has 0 radical (unpaired) electrons. The lowest BCUT2D eigenvalue weighted by atomic mass is 9.46. The lowest BCUT2D eigenvalue weighted by Gasteiger charge is -2.57. The maximum absolute atomic E-state index is 12.0. The molecule has 2 aliphatic rings. The third kappa shape index (κ3) is 2.95. The van der Waals surface area contributed by atoms with E-state index in [1.165, 1.54) is 6.08 Å². The number of carbonyl (C=O) groups is 1. The Bertz CT molecular complexity index is 538. The molecule has 24 heavy (non-hydrogen) atoms. The molecule has 0 saturated heterocycles. The summed E-state index contributed by atoms with van der Waals surface area (Å²) in [5.41, 5.74) is -1.21. The number of hydrogen-bond acceptors (Lipinski definition) is 3. The van der Waals surface area contributed by atoms with Crippen LogP contribution in [0.5, 0.6) is 0 Å². The normalized spacial score (nSPS) is 40.3. The first kappa shape index (κ1) is 19.2. The topological polar surface area (TPSA) is 77.8 Å². The van der Waals surface area contributed by atoms with Gasteiger partial charge in [0.1, 0.15) is 5.60 Å². The van der Waals surface area contributed by atoms with E-state index >= 15 is 0 Å². The summed E-state index contributed by atoms with van der Waals surface area (Å²) >= 11 is 0. The molecular weight excluding hydrogens is 304 g/mol. The zero-order valence-electron chi connectivity index (χ0n) is 15.2. The van der Waals surface area contributed by atoms with Crippen LogP contribution in [0.25, 0.3) is 0 Å². The molecule has 0 unspecified atom stereocenters. The number of carboxylic acids is 1. The number of aliphatic carboxylic acids is 1. The van der Waals surface area contributed by atoms with Crippen molar-refractivity contribution in [2.24, 2.45) is 22.7 Å². The first-order chi connectivity index (χ1) is 11.0. The van der Waals surface area contributed by atoms with Crippen LogP contribution in [0.4, 0.5) is 0 Å². The highest BCUT2D eigenvalue weighted by atomic mass is 16.4. The van der Waals surface area contributed by atoms with Crippen molar-refractivity contribution in [3.8, 4) is 0 Å². The van der Waals surface area contributed by atoms with Gasteiger partial charge in [-0.1, -0.05) is 31.6 Å². The third-order valence-corrected chi connectivity index (χ3v) is 7.06. The predicted octanol–water partition coefficient (Wildman–Crippen LogP) is 3.54. The van der Waals surface area contributed by atoms with Gasteiger partial charge in [-0.3, -0.25) is 4.79 Å². The summed E-state index contributed by atoms with van der Waals surface area (Å²) in [6.07, 6.45) is 4.95. The fourth-order valence-corrected chi connectivity index (χ4v) is 5.24. The van der Waals surface area contributed by atoms with E-state index in [4.69, 9.17) is 0 Å². The minimum atomic E-state index is -1.35. The summed E-state index contributed by atoms with van der Waals surface area (Å²) in [6.45, 7) is 13.4. The van der Waals surface area contributed by atoms with Crippen molar-refractivity contribution in [2.75, 3.05) is 0 Å². The van der Waals surface area contributed by atoms with E-state index < -0.39 is 23.1 Å². The fourth-order valence-electron chi connectivity index (χ4n) is 5.24. The van der Waals surface area contributed by atoms with Gasteiger partial charge in [-0.05, 0) is 63.2 Å². The van der Waals surface area contributed by atoms with Crippen molar-refractivity contribution >= 4 is 5.97 Å². The molecule has 0 aromatic rings. The Morgan fingerprint density at radius 1 is 1.46 bits per heavy atom. The van der Waals surface area contributed by atoms with Gasteiger partial charge in [0.2, 0.25) is 0 Å². The number of aliphatic hydroxyl groups excluding tert-OH is 1. The largest absolute Gasteiger partial charge is 0.481 e. The highest BCUT2D eigenvalue weighted by Crippen LogP contribution is 2.62. The Balaban J connectivity index is 2.35. The summed E-state index contributed by atoms with van der Waals surface area (Å²) < 4.78 is 0. The second-order valence-corrected chi connectivity index (χ2v) is 8.57. The molecule has 0 amide bonds. The molecule has 4 heteroatoms. The Hall–Kier alpha value is -1.13. The molecule has 4 nitrogen and oxygen atoms in total. The van der Waals surface area contributed by atoms with Crippen LogP contribution >= 0.6 is 0 Å². The van der Waals surface area contributed by atoms with Gasteiger partial charge in [0.15, 0.2) is 0 Å². The molecule has 136 valence electrons. The Morgan fingerprint density at radius 2 is 2.08 bits per heavy atom. The highest BCUT2D eigenvalue weighted by molar-refractivity contribution is 5.75. The van der Waals surface area contributed by atoms with Crippen molar-refractivity contribution in [2.45, 2.75) is 71.0 Å². The van der Waals surface area contributed by atoms with E-state index in [9.17, 15) is 20.1 Å². The van der Waals surface area contributed by atoms with E-state index in [1.54, 1.807) is 6.92 Å². The van der Waals surface area contributed by atoms with Crippen LogP contribution in [-0.4, -0.2) is 33.0 Å². The second kappa shape index (κ2) is 6.30. The molecule has 2 fully saturated rings. The lowest BCUT2D eigenvalue weighted by Crippen LogP contribution is -2.54. The molecule has 3 N–H and O–H groups in total. The van der Waals surface area contributed by atoms with Crippen LogP contribution in [0.2, 0.25) is 0 Å². The van der Waals surface area contributed by atoms with Crippen LogP contribution in [0.3, 0.4) is 0 Å². The number of rotatable bonds is 5. The van der Waals surface area contributed by atoms with Gasteiger partial charge in [-0.15, -0.1) is 6.58 Å². The smallest absolute Gasteiger partial charge is 0.309 e. The van der Waals surface area contributed by atoms with Gasteiger partial charge < -0.3 is 15.3 Å². The summed E-state index contributed by atoms with van der Waals surface area (Å²) in [5.74, 6) is -0.646. The molecule has 0 aromatic heterocycles. The molecule has 2 rings (SSSR count). The third-order valence-electron chi connectivity index (χ3n) is 7.06. The van der Waals surface area contributed by atoms with Crippen molar-refractivity contribution in [3.05, 3.63) is 24.8 Å². The molecule has 2 saturated carbocycles. The molecule has 0 heterocycles. The van der Waals surface area contributed by atoms with E-state index in [1.807, 2.05) is 6.92 Å². The molecule has 6 atom stereocenters. The maximum atomic E-state index is 12.0. The van der Waals surface area contributed by atoms with Gasteiger partial charge in [0, 0.05) is 0 Å². The number of hydrogen-bond donors (Lipinski definition) is 3. The molecular formula is C20H32O4. The van der Waals surface area contributed by atoms with E-state index in [0.717, 1.165) is 31.3 Å². The average molecular weight is 336 g/mol. The van der Waals surface area contributed by atoms with Gasteiger partial charge >= 0.3 is 5.97 Å². The van der Waals surface area contributed by atoms with Crippen LogP contribution < -0.4 is 0 Å². The monoisotopic (exact) mass is 336 g/mol. The van der Waals surface area contributed by atoms with Crippen molar-refractivity contribution in [1.29, 1.82) is 0 Å².